The Kier molecular flexibility index (Phi) is 5.89. The van der Waals surface area contributed by atoms with E-state index in [1.165, 1.54) is 6.92 Å². The van der Waals surface area contributed by atoms with Crippen molar-refractivity contribution < 1.29 is 26.0 Å². The molecule has 0 aliphatic heterocycles. The average molecular weight is 434 g/mol. The molecule has 8 nitrogen and oxygen atoms in total. The lowest BCUT2D eigenvalue weighted by atomic mass is 10.1. The number of nitrogens with one attached hydrogen (secondary N) is 1. The number of nitriles is 1. The normalized spacial score (nSPS) is 11.9. The van der Waals surface area contributed by atoms with Crippen LogP contribution < -0.4 is 16.0 Å². The second kappa shape index (κ2) is 7.70. The molecule has 13 heteroatoms. The molecular formula is C16H14F4N4O4S. The SMILES string of the molecule is CCS(=O)(=O)Nc1cc(-n2c(=O)cc(CC(F)(F)F)n(C)c2=O)c(F)cc1C#N. The van der Waals surface area contributed by atoms with Gasteiger partial charge in [-0.25, -0.2) is 22.2 Å². The van der Waals surface area contributed by atoms with Gasteiger partial charge in [-0.2, -0.15) is 18.4 Å². The molecule has 29 heavy (non-hydrogen) atoms. The van der Waals surface area contributed by atoms with Gasteiger partial charge in [0, 0.05) is 18.8 Å². The number of anilines is 1. The van der Waals surface area contributed by atoms with Crippen molar-refractivity contribution in [2.75, 3.05) is 10.5 Å². The van der Waals surface area contributed by atoms with Crippen molar-refractivity contribution >= 4 is 15.7 Å². The van der Waals surface area contributed by atoms with Gasteiger partial charge in [-0.05, 0) is 19.1 Å². The van der Waals surface area contributed by atoms with E-state index in [2.05, 4.69) is 0 Å². The third-order valence-electron chi connectivity index (χ3n) is 3.89. The number of hydrogen-bond donors (Lipinski definition) is 1. The minimum atomic E-state index is -4.69. The molecule has 1 aromatic heterocycles. The quantitative estimate of drug-likeness (QED) is 0.715. The molecular weight excluding hydrogens is 420 g/mol. The second-order valence-corrected chi connectivity index (χ2v) is 7.92. The molecule has 0 aliphatic carbocycles. The Morgan fingerprint density at radius 1 is 1.21 bits per heavy atom. The van der Waals surface area contributed by atoms with Crippen LogP contribution in [-0.2, 0) is 23.5 Å². The fourth-order valence-corrected chi connectivity index (χ4v) is 3.07. The smallest absolute Gasteiger partial charge is 0.300 e. The summed E-state index contributed by atoms with van der Waals surface area (Å²) in [5, 5.41) is 9.08. The molecule has 0 aliphatic rings. The monoisotopic (exact) mass is 434 g/mol. The summed E-state index contributed by atoms with van der Waals surface area (Å²) in [4.78, 5) is 24.7. The van der Waals surface area contributed by atoms with Crippen LogP contribution in [0.15, 0.2) is 27.8 Å². The lowest BCUT2D eigenvalue weighted by Gasteiger charge is -2.15. The van der Waals surface area contributed by atoms with Gasteiger partial charge < -0.3 is 0 Å². The van der Waals surface area contributed by atoms with Crippen LogP contribution in [-0.4, -0.2) is 29.5 Å². The van der Waals surface area contributed by atoms with E-state index >= 15 is 0 Å². The van der Waals surface area contributed by atoms with E-state index < -0.39 is 56.6 Å². The van der Waals surface area contributed by atoms with Crippen molar-refractivity contribution in [1.29, 1.82) is 5.26 Å². The summed E-state index contributed by atoms with van der Waals surface area (Å²) in [5.41, 5.74) is -4.68. The number of halogens is 4. The van der Waals surface area contributed by atoms with Crippen molar-refractivity contribution in [2.45, 2.75) is 19.5 Å². The molecule has 2 aromatic rings. The molecule has 0 bridgehead atoms. The summed E-state index contributed by atoms with van der Waals surface area (Å²) in [5.74, 6) is -1.60. The second-order valence-electron chi connectivity index (χ2n) is 5.91. The van der Waals surface area contributed by atoms with Crippen LogP contribution in [0, 0.1) is 17.1 Å². The Morgan fingerprint density at radius 3 is 2.34 bits per heavy atom. The lowest BCUT2D eigenvalue weighted by Crippen LogP contribution is -2.40. The van der Waals surface area contributed by atoms with Crippen LogP contribution in [0.5, 0.6) is 0 Å². The Balaban J connectivity index is 2.76. The molecule has 0 unspecified atom stereocenters. The zero-order chi connectivity index (χ0) is 22.1. The van der Waals surface area contributed by atoms with Crippen LogP contribution in [0.1, 0.15) is 18.2 Å². The summed E-state index contributed by atoms with van der Waals surface area (Å²) in [6, 6.07) is 3.47. The first-order valence-corrected chi connectivity index (χ1v) is 9.58. The molecule has 1 N–H and O–H groups in total. The molecule has 1 aromatic carbocycles. The van der Waals surface area contributed by atoms with Crippen LogP contribution in [0.3, 0.4) is 0 Å². The number of rotatable bonds is 5. The van der Waals surface area contributed by atoms with Crippen molar-refractivity contribution in [1.82, 2.24) is 9.13 Å². The molecule has 0 amide bonds. The molecule has 2 rings (SSSR count). The van der Waals surface area contributed by atoms with E-state index in [1.54, 1.807) is 6.07 Å². The number of alkyl halides is 3. The molecule has 0 fully saturated rings. The van der Waals surface area contributed by atoms with Gasteiger partial charge in [0.2, 0.25) is 10.0 Å². The molecule has 0 saturated heterocycles. The highest BCUT2D eigenvalue weighted by molar-refractivity contribution is 7.92. The maximum Gasteiger partial charge on any atom is 0.394 e. The van der Waals surface area contributed by atoms with Crippen LogP contribution in [0.4, 0.5) is 23.2 Å². The van der Waals surface area contributed by atoms with E-state index in [4.69, 9.17) is 5.26 Å². The van der Waals surface area contributed by atoms with Gasteiger partial charge in [0.1, 0.15) is 11.9 Å². The maximum absolute atomic E-state index is 14.5. The van der Waals surface area contributed by atoms with Crippen LogP contribution in [0.25, 0.3) is 5.69 Å². The van der Waals surface area contributed by atoms with Gasteiger partial charge in [-0.1, -0.05) is 0 Å². The maximum atomic E-state index is 14.5. The highest BCUT2D eigenvalue weighted by Crippen LogP contribution is 2.24. The fraction of sp³-hybridized carbons (Fsp3) is 0.312. The van der Waals surface area contributed by atoms with Crippen molar-refractivity contribution in [3.63, 3.8) is 0 Å². The first-order valence-electron chi connectivity index (χ1n) is 7.93. The zero-order valence-corrected chi connectivity index (χ0v) is 15.9. The van der Waals surface area contributed by atoms with E-state index in [0.717, 1.165) is 13.1 Å². The third-order valence-corrected chi connectivity index (χ3v) is 5.19. The Morgan fingerprint density at radius 2 is 1.83 bits per heavy atom. The Hall–Kier alpha value is -3.14. The summed E-state index contributed by atoms with van der Waals surface area (Å²) in [6.45, 7) is 1.30. The number of sulfonamides is 1. The largest absolute Gasteiger partial charge is 0.394 e. The average Bonchev–Trinajstić information content (AvgIpc) is 2.60. The minimum Gasteiger partial charge on any atom is -0.300 e. The number of hydrogen-bond acceptors (Lipinski definition) is 5. The Bertz CT molecular complexity index is 1220. The summed E-state index contributed by atoms with van der Waals surface area (Å²) < 4.78 is 78.7. The highest BCUT2D eigenvalue weighted by atomic mass is 32.2. The first kappa shape index (κ1) is 22.2. The predicted molar refractivity (Wildman–Crippen MR) is 94.8 cm³/mol. The molecule has 0 spiro atoms. The standard InChI is InChI=1S/C16H14F4N4O4S/c1-3-29(27,28)22-12-6-13(11(17)4-9(12)8-21)24-14(25)5-10(7-16(18,19)20)23(2)15(24)26/h4-6,22H,3,7H2,1-2H3. The minimum absolute atomic E-state index is 0.250. The van der Waals surface area contributed by atoms with Crippen LogP contribution in [0.2, 0.25) is 0 Å². The number of benzene rings is 1. The summed E-state index contributed by atoms with van der Waals surface area (Å²) in [6.07, 6.45) is -6.24. The molecule has 0 atom stereocenters. The predicted octanol–water partition coefficient (Wildman–Crippen LogP) is 1.41. The van der Waals surface area contributed by atoms with Crippen molar-refractivity contribution in [3.8, 4) is 11.8 Å². The van der Waals surface area contributed by atoms with Gasteiger partial charge in [-0.15, -0.1) is 0 Å². The lowest BCUT2D eigenvalue weighted by molar-refractivity contribution is -0.128. The summed E-state index contributed by atoms with van der Waals surface area (Å²) in [7, 11) is -2.92. The third kappa shape index (κ3) is 4.83. The number of aromatic nitrogens is 2. The van der Waals surface area contributed by atoms with Gasteiger partial charge in [0.25, 0.3) is 5.56 Å². The van der Waals surface area contributed by atoms with E-state index in [1.807, 2.05) is 4.72 Å². The van der Waals surface area contributed by atoms with Gasteiger partial charge in [0.15, 0.2) is 0 Å². The van der Waals surface area contributed by atoms with Crippen LogP contribution >= 0.6 is 0 Å². The summed E-state index contributed by atoms with van der Waals surface area (Å²) >= 11 is 0. The van der Waals surface area contributed by atoms with Gasteiger partial charge >= 0.3 is 11.9 Å². The van der Waals surface area contributed by atoms with E-state index in [9.17, 15) is 35.6 Å². The number of nitrogens with zero attached hydrogens (tertiary/aromatic N) is 3. The first-order chi connectivity index (χ1) is 13.3. The zero-order valence-electron chi connectivity index (χ0n) is 15.0. The molecule has 1 heterocycles. The molecule has 0 radical (unpaired) electrons. The Labute approximate surface area is 161 Å². The molecule has 156 valence electrons. The van der Waals surface area contributed by atoms with Gasteiger partial charge in [-0.3, -0.25) is 14.1 Å². The van der Waals surface area contributed by atoms with Gasteiger partial charge in [0.05, 0.1) is 29.1 Å². The fourth-order valence-electron chi connectivity index (χ4n) is 2.42. The topological polar surface area (TPSA) is 114 Å². The van der Waals surface area contributed by atoms with E-state index in [-0.39, 0.29) is 16.0 Å². The highest BCUT2D eigenvalue weighted by Gasteiger charge is 2.30. The van der Waals surface area contributed by atoms with Crippen molar-refractivity contribution in [3.05, 3.63) is 56.1 Å². The molecule has 0 saturated carbocycles. The van der Waals surface area contributed by atoms with Crippen molar-refractivity contribution in [2.24, 2.45) is 7.05 Å². The van der Waals surface area contributed by atoms with E-state index in [0.29, 0.717) is 16.7 Å².